The molecule has 5 heteroatoms. The minimum Gasteiger partial charge on any atom is -0.200 e. The monoisotopic (exact) mass is 482 g/mol. The summed E-state index contributed by atoms with van der Waals surface area (Å²) in [5, 5.41) is 1.22. The molecule has 0 radical (unpaired) electrons. The number of rotatable bonds is 4. The van der Waals surface area contributed by atoms with E-state index in [0.717, 1.165) is 10.4 Å². The fraction of sp³-hybridized carbons (Fsp3) is 0.345. The first-order valence-electron chi connectivity index (χ1n) is 11.5. The molecule has 0 spiro atoms. The summed E-state index contributed by atoms with van der Waals surface area (Å²) in [5.74, 6) is 0. The maximum absolute atomic E-state index is 13.3. The molecule has 0 N–H and O–H groups in total. The van der Waals surface area contributed by atoms with Gasteiger partial charge in [-0.25, -0.2) is 0 Å². The van der Waals surface area contributed by atoms with E-state index in [4.69, 9.17) is 0 Å². The zero-order chi connectivity index (χ0) is 25.0. The summed E-state index contributed by atoms with van der Waals surface area (Å²) in [6, 6.07) is 14.2. The fourth-order valence-electron chi connectivity index (χ4n) is 4.58. The molecule has 0 aliphatic heterocycles. The number of hydrogen-bond acceptors (Lipinski definition) is 1. The van der Waals surface area contributed by atoms with Crippen molar-refractivity contribution in [3.63, 3.8) is 0 Å². The summed E-state index contributed by atoms with van der Waals surface area (Å²) in [4.78, 5) is 1.16. The lowest BCUT2D eigenvalue weighted by molar-refractivity contribution is -0.659. The highest BCUT2D eigenvalue weighted by Gasteiger charge is 2.46. The van der Waals surface area contributed by atoms with Crippen molar-refractivity contribution in [3.05, 3.63) is 76.5 Å². The Morgan fingerprint density at radius 2 is 1.53 bits per heavy atom. The number of hydrogen-bond donors (Lipinski definition) is 0. The van der Waals surface area contributed by atoms with Crippen molar-refractivity contribution < 1.29 is 17.7 Å². The van der Waals surface area contributed by atoms with E-state index in [0.29, 0.717) is 5.56 Å². The third kappa shape index (κ3) is 4.26. The minimum absolute atomic E-state index is 0.0336. The molecule has 178 valence electrons. The third-order valence-electron chi connectivity index (χ3n) is 6.92. The predicted molar refractivity (Wildman–Crippen MR) is 136 cm³/mol. The Labute approximate surface area is 203 Å². The van der Waals surface area contributed by atoms with Gasteiger partial charge in [-0.3, -0.25) is 0 Å². The molecule has 1 nitrogen and oxygen atoms in total. The molecule has 0 fully saturated rings. The lowest BCUT2D eigenvalue weighted by Gasteiger charge is -2.27. The second-order valence-electron chi connectivity index (χ2n) is 10.1. The summed E-state index contributed by atoms with van der Waals surface area (Å²) in [5.41, 5.74) is 7.41. The Bertz CT molecular complexity index is 1380. The topological polar surface area (TPSA) is 3.88 Å². The second-order valence-corrected chi connectivity index (χ2v) is 11.1. The molecule has 4 aromatic rings. The quantitative estimate of drug-likeness (QED) is 0.257. The largest absolute Gasteiger partial charge is 0.394 e. The van der Waals surface area contributed by atoms with Crippen molar-refractivity contribution in [3.8, 4) is 21.7 Å². The van der Waals surface area contributed by atoms with Crippen LogP contribution in [0.2, 0.25) is 0 Å². The van der Waals surface area contributed by atoms with E-state index in [1.165, 1.54) is 57.4 Å². The van der Waals surface area contributed by atoms with E-state index < -0.39 is 11.6 Å². The number of aryl methyl sites for hydroxylation is 4. The van der Waals surface area contributed by atoms with Gasteiger partial charge >= 0.3 is 6.18 Å². The molecule has 0 aliphatic carbocycles. The van der Waals surface area contributed by atoms with E-state index in [9.17, 15) is 13.2 Å². The number of aromatic nitrogens is 1. The average Bonchev–Trinajstić information content (AvgIpc) is 3.07. The highest BCUT2D eigenvalue weighted by Crippen LogP contribution is 2.43. The SMILES string of the molecule is Cc1cc(C)c(C)c(-c2c3sc(-c4ccc(CC(C)(C)C(F)(F)F)cc4)c(C)c3cc[n+]2C)c1. The van der Waals surface area contributed by atoms with Crippen LogP contribution in [0.4, 0.5) is 13.2 Å². The normalized spacial score (nSPS) is 12.5. The highest BCUT2D eigenvalue weighted by molar-refractivity contribution is 7.23. The number of pyridine rings is 1. The van der Waals surface area contributed by atoms with Gasteiger partial charge in [-0.1, -0.05) is 49.7 Å². The summed E-state index contributed by atoms with van der Waals surface area (Å²) in [6.45, 7) is 11.1. The maximum atomic E-state index is 13.3. The summed E-state index contributed by atoms with van der Waals surface area (Å²) in [7, 11) is 2.08. The van der Waals surface area contributed by atoms with E-state index in [2.05, 4.69) is 63.7 Å². The molecule has 0 atom stereocenters. The number of alkyl halides is 3. The van der Waals surface area contributed by atoms with Gasteiger partial charge in [0.25, 0.3) is 0 Å². The standard InChI is InChI=1S/C29H31F3NS/c1-17-14-18(2)19(3)24(15-17)25-27-23(12-13-33(25)7)20(4)26(34-27)22-10-8-21(9-11-22)16-28(5,6)29(30,31)32/h8-15H,16H2,1-7H3/q+1. The van der Waals surface area contributed by atoms with Gasteiger partial charge in [0.05, 0.1) is 11.0 Å². The average molecular weight is 483 g/mol. The molecule has 0 aliphatic rings. The van der Waals surface area contributed by atoms with Crippen molar-refractivity contribution in [2.75, 3.05) is 0 Å². The number of halogens is 3. The molecule has 0 saturated heterocycles. The second kappa shape index (κ2) is 8.53. The van der Waals surface area contributed by atoms with E-state index in [1.807, 2.05) is 24.3 Å². The van der Waals surface area contributed by atoms with Crippen LogP contribution in [0, 0.1) is 33.1 Å². The summed E-state index contributed by atoms with van der Waals surface area (Å²) >= 11 is 1.76. The van der Waals surface area contributed by atoms with Crippen LogP contribution in [0.25, 0.3) is 31.8 Å². The van der Waals surface area contributed by atoms with Gasteiger partial charge in [-0.2, -0.15) is 17.7 Å². The number of benzene rings is 2. The number of fused-ring (bicyclic) bond motifs is 1. The molecule has 2 heterocycles. The van der Waals surface area contributed by atoms with Crippen LogP contribution in [0.5, 0.6) is 0 Å². The van der Waals surface area contributed by atoms with Crippen LogP contribution in [0.1, 0.15) is 41.7 Å². The summed E-state index contributed by atoms with van der Waals surface area (Å²) < 4.78 is 43.4. The summed E-state index contributed by atoms with van der Waals surface area (Å²) in [6.07, 6.45) is -2.15. The molecule has 0 amide bonds. The zero-order valence-corrected chi connectivity index (χ0v) is 21.6. The van der Waals surface area contributed by atoms with Crippen molar-refractivity contribution in [1.29, 1.82) is 0 Å². The first-order valence-corrected chi connectivity index (χ1v) is 12.3. The molecule has 2 aromatic heterocycles. The zero-order valence-electron chi connectivity index (χ0n) is 20.8. The van der Waals surface area contributed by atoms with Gasteiger partial charge in [-0.05, 0) is 68.0 Å². The van der Waals surface area contributed by atoms with Crippen molar-refractivity contribution in [2.24, 2.45) is 12.5 Å². The molecule has 2 aromatic carbocycles. The number of nitrogens with zero attached hydrogens (tertiary/aromatic N) is 1. The van der Waals surface area contributed by atoms with Gasteiger partial charge in [-0.15, -0.1) is 11.3 Å². The molecule has 0 bridgehead atoms. The van der Waals surface area contributed by atoms with Crippen LogP contribution in [0.3, 0.4) is 0 Å². The Morgan fingerprint density at radius 3 is 2.15 bits per heavy atom. The van der Waals surface area contributed by atoms with E-state index in [-0.39, 0.29) is 6.42 Å². The van der Waals surface area contributed by atoms with Crippen molar-refractivity contribution >= 4 is 21.4 Å². The molecular formula is C29H31F3NS+. The van der Waals surface area contributed by atoms with Gasteiger partial charge < -0.3 is 0 Å². The lowest BCUT2D eigenvalue weighted by Crippen LogP contribution is -2.34. The predicted octanol–water partition coefficient (Wildman–Crippen LogP) is 8.42. The Hall–Kier alpha value is -2.66. The Kier molecular flexibility index (Phi) is 6.14. The molecule has 34 heavy (non-hydrogen) atoms. The van der Waals surface area contributed by atoms with Gasteiger partial charge in [0, 0.05) is 16.3 Å². The van der Waals surface area contributed by atoms with Gasteiger partial charge in [0.2, 0.25) is 5.69 Å². The molecule has 4 rings (SSSR count). The van der Waals surface area contributed by atoms with Crippen LogP contribution in [-0.2, 0) is 13.5 Å². The van der Waals surface area contributed by atoms with E-state index >= 15 is 0 Å². The molecule has 0 unspecified atom stereocenters. The molecule has 0 saturated carbocycles. The van der Waals surface area contributed by atoms with Crippen LogP contribution in [-0.4, -0.2) is 6.18 Å². The highest BCUT2D eigenvalue weighted by atomic mass is 32.1. The van der Waals surface area contributed by atoms with Crippen LogP contribution in [0.15, 0.2) is 48.7 Å². The van der Waals surface area contributed by atoms with E-state index in [1.54, 1.807) is 11.3 Å². The Morgan fingerprint density at radius 1 is 0.882 bits per heavy atom. The van der Waals surface area contributed by atoms with Gasteiger partial charge in [0.1, 0.15) is 11.7 Å². The maximum Gasteiger partial charge on any atom is 0.394 e. The van der Waals surface area contributed by atoms with Crippen molar-refractivity contribution in [2.45, 2.75) is 54.1 Å². The molecular weight excluding hydrogens is 451 g/mol. The lowest BCUT2D eigenvalue weighted by atomic mass is 9.85. The van der Waals surface area contributed by atoms with Crippen LogP contribution >= 0.6 is 11.3 Å². The smallest absolute Gasteiger partial charge is 0.200 e. The van der Waals surface area contributed by atoms with Crippen LogP contribution < -0.4 is 4.57 Å². The third-order valence-corrected chi connectivity index (χ3v) is 8.29. The fourth-order valence-corrected chi connectivity index (χ4v) is 5.98. The van der Waals surface area contributed by atoms with Gasteiger partial charge in [0.15, 0.2) is 6.20 Å². The minimum atomic E-state index is -4.23. The first-order chi connectivity index (χ1) is 15.8. The van der Waals surface area contributed by atoms with Crippen molar-refractivity contribution in [1.82, 2.24) is 0 Å². The Balaban J connectivity index is 1.81. The number of thiophene rings is 1. The first kappa shape index (κ1) is 24.5.